The lowest BCUT2D eigenvalue weighted by Gasteiger charge is -2.17. The van der Waals surface area contributed by atoms with Gasteiger partial charge in [0.2, 0.25) is 11.7 Å². The van der Waals surface area contributed by atoms with Gasteiger partial charge in [-0.05, 0) is 24.3 Å². The van der Waals surface area contributed by atoms with Gasteiger partial charge in [0.1, 0.15) is 0 Å². The van der Waals surface area contributed by atoms with E-state index in [2.05, 4.69) is 5.32 Å². The topological polar surface area (TPSA) is 159 Å². The minimum absolute atomic E-state index is 0.132. The van der Waals surface area contributed by atoms with Crippen molar-refractivity contribution in [2.75, 3.05) is 5.32 Å². The SMILES string of the molecule is O=C(CCC(=O)O[C@H](C(=O)c1ccccc1)c1ccc([N+](=O)[O-])cc1)Nc1ccc([N+](=O)[O-])cc1. The molecule has 0 radical (unpaired) electrons. The van der Waals surface area contributed by atoms with Crippen LogP contribution in [0.5, 0.6) is 0 Å². The van der Waals surface area contributed by atoms with Gasteiger partial charge in [-0.25, -0.2) is 0 Å². The van der Waals surface area contributed by atoms with E-state index < -0.39 is 33.6 Å². The molecule has 178 valence electrons. The number of Topliss-reactive ketones (excluding diaryl/α,β-unsaturated/α-hetero) is 1. The first-order chi connectivity index (χ1) is 16.7. The van der Waals surface area contributed by atoms with Crippen LogP contribution in [-0.2, 0) is 14.3 Å². The van der Waals surface area contributed by atoms with E-state index in [1.54, 1.807) is 30.3 Å². The second-order valence-electron chi connectivity index (χ2n) is 7.30. The maximum Gasteiger partial charge on any atom is 0.307 e. The number of hydrogen-bond acceptors (Lipinski definition) is 8. The Morgan fingerprint density at radius 3 is 1.86 bits per heavy atom. The summed E-state index contributed by atoms with van der Waals surface area (Å²) >= 11 is 0. The Hall–Kier alpha value is -4.93. The van der Waals surface area contributed by atoms with E-state index >= 15 is 0 Å². The molecular weight excluding hydrogens is 458 g/mol. The van der Waals surface area contributed by atoms with Crippen LogP contribution < -0.4 is 5.32 Å². The lowest BCUT2D eigenvalue weighted by atomic mass is 9.99. The number of rotatable bonds is 10. The molecule has 0 fully saturated rings. The smallest absolute Gasteiger partial charge is 0.307 e. The van der Waals surface area contributed by atoms with Crippen molar-refractivity contribution in [1.82, 2.24) is 0 Å². The van der Waals surface area contributed by atoms with Crippen LogP contribution in [0.1, 0.15) is 34.9 Å². The van der Waals surface area contributed by atoms with Crippen molar-refractivity contribution in [3.63, 3.8) is 0 Å². The van der Waals surface area contributed by atoms with Gasteiger partial charge >= 0.3 is 5.97 Å². The average molecular weight is 477 g/mol. The van der Waals surface area contributed by atoms with E-state index in [1.165, 1.54) is 48.5 Å². The van der Waals surface area contributed by atoms with Gasteiger partial charge < -0.3 is 10.1 Å². The van der Waals surface area contributed by atoms with Gasteiger partial charge in [0.25, 0.3) is 11.4 Å². The molecule has 11 heteroatoms. The zero-order valence-corrected chi connectivity index (χ0v) is 18.2. The zero-order chi connectivity index (χ0) is 25.4. The summed E-state index contributed by atoms with van der Waals surface area (Å²) in [5.41, 5.74) is 0.519. The van der Waals surface area contributed by atoms with Crippen molar-refractivity contribution in [3.8, 4) is 0 Å². The van der Waals surface area contributed by atoms with Gasteiger partial charge in [0.05, 0.1) is 16.3 Å². The molecule has 0 saturated carbocycles. The summed E-state index contributed by atoms with van der Waals surface area (Å²) in [4.78, 5) is 58.1. The van der Waals surface area contributed by atoms with Crippen LogP contribution in [0, 0.1) is 20.2 Å². The van der Waals surface area contributed by atoms with Crippen LogP contribution >= 0.6 is 0 Å². The Morgan fingerprint density at radius 2 is 1.31 bits per heavy atom. The number of ketones is 1. The summed E-state index contributed by atoms with van der Waals surface area (Å²) in [6.45, 7) is 0. The van der Waals surface area contributed by atoms with Crippen LogP contribution in [0.25, 0.3) is 0 Å². The molecule has 3 aromatic rings. The minimum Gasteiger partial charge on any atom is -0.449 e. The maximum absolute atomic E-state index is 13.0. The van der Waals surface area contributed by atoms with E-state index in [9.17, 15) is 34.6 Å². The van der Waals surface area contributed by atoms with Crippen molar-refractivity contribution in [2.45, 2.75) is 18.9 Å². The predicted octanol–water partition coefficient (Wildman–Crippen LogP) is 4.39. The van der Waals surface area contributed by atoms with E-state index in [-0.39, 0.29) is 35.3 Å². The van der Waals surface area contributed by atoms with Gasteiger partial charge in [-0.2, -0.15) is 0 Å². The van der Waals surface area contributed by atoms with E-state index in [0.29, 0.717) is 5.69 Å². The number of esters is 1. The number of anilines is 1. The molecule has 1 N–H and O–H groups in total. The fourth-order valence-corrected chi connectivity index (χ4v) is 3.09. The molecule has 0 aliphatic rings. The number of hydrogen-bond donors (Lipinski definition) is 1. The summed E-state index contributed by atoms with van der Waals surface area (Å²) in [5.74, 6) is -1.88. The second kappa shape index (κ2) is 11.3. The van der Waals surface area contributed by atoms with Crippen LogP contribution in [0.15, 0.2) is 78.9 Å². The number of nitro benzene ring substituents is 2. The number of nitro groups is 2. The highest BCUT2D eigenvalue weighted by atomic mass is 16.6. The maximum atomic E-state index is 13.0. The van der Waals surface area contributed by atoms with Crippen molar-refractivity contribution in [2.24, 2.45) is 0 Å². The Balaban J connectivity index is 1.66. The Bertz CT molecular complexity index is 1240. The van der Waals surface area contributed by atoms with Crippen molar-refractivity contribution >= 4 is 34.7 Å². The fraction of sp³-hybridized carbons (Fsp3) is 0.125. The Kier molecular flexibility index (Phi) is 7.96. The van der Waals surface area contributed by atoms with Crippen LogP contribution in [0.3, 0.4) is 0 Å². The number of non-ortho nitro benzene ring substituents is 2. The highest BCUT2D eigenvalue weighted by molar-refractivity contribution is 6.01. The number of nitrogens with one attached hydrogen (secondary N) is 1. The number of nitrogens with zero attached hydrogens (tertiary/aromatic N) is 2. The van der Waals surface area contributed by atoms with Crippen LogP contribution in [-0.4, -0.2) is 27.5 Å². The normalized spacial score (nSPS) is 11.2. The molecule has 0 aromatic heterocycles. The number of benzene rings is 3. The molecule has 0 unspecified atom stereocenters. The highest BCUT2D eigenvalue weighted by Crippen LogP contribution is 2.25. The van der Waals surface area contributed by atoms with E-state index in [1.807, 2.05) is 0 Å². The first-order valence-electron chi connectivity index (χ1n) is 10.3. The first kappa shape index (κ1) is 24.7. The molecule has 0 aliphatic carbocycles. The fourth-order valence-electron chi connectivity index (χ4n) is 3.09. The van der Waals surface area contributed by atoms with E-state index in [4.69, 9.17) is 4.74 Å². The first-order valence-corrected chi connectivity index (χ1v) is 10.3. The molecule has 1 atom stereocenters. The van der Waals surface area contributed by atoms with Crippen molar-refractivity contribution < 1.29 is 29.0 Å². The third kappa shape index (κ3) is 6.78. The highest BCUT2D eigenvalue weighted by Gasteiger charge is 2.27. The quantitative estimate of drug-likeness (QED) is 0.195. The molecule has 0 spiro atoms. The molecule has 11 nitrogen and oxygen atoms in total. The summed E-state index contributed by atoms with van der Waals surface area (Å²) in [7, 11) is 0. The number of amides is 1. The Labute approximate surface area is 198 Å². The molecule has 0 bridgehead atoms. The van der Waals surface area contributed by atoms with Gasteiger partial charge in [-0.3, -0.25) is 34.6 Å². The van der Waals surface area contributed by atoms with Crippen molar-refractivity contribution in [3.05, 3.63) is 110 Å². The summed E-state index contributed by atoms with van der Waals surface area (Å²) in [6, 6.07) is 18.3. The molecular formula is C24H19N3O8. The number of carbonyl (C=O) groups excluding carboxylic acids is 3. The van der Waals surface area contributed by atoms with Crippen LogP contribution in [0.2, 0.25) is 0 Å². The Morgan fingerprint density at radius 1 is 0.771 bits per heavy atom. The van der Waals surface area contributed by atoms with Gasteiger partial charge in [-0.15, -0.1) is 0 Å². The molecule has 35 heavy (non-hydrogen) atoms. The standard InChI is InChI=1S/C24H19N3O8/c28-21(25-18-8-12-20(13-9-18)27(33)34)14-15-22(29)35-24(23(30)16-4-2-1-3-5-16)17-6-10-19(11-7-17)26(31)32/h1-13,24H,14-15H2,(H,25,28)/t24-/m0/s1. The zero-order valence-electron chi connectivity index (χ0n) is 18.2. The average Bonchev–Trinajstić information content (AvgIpc) is 2.86. The molecule has 0 saturated heterocycles. The van der Waals surface area contributed by atoms with Gasteiger partial charge in [0, 0.05) is 47.5 Å². The summed E-state index contributed by atoms with van der Waals surface area (Å²) < 4.78 is 5.38. The predicted molar refractivity (Wildman–Crippen MR) is 124 cm³/mol. The monoisotopic (exact) mass is 477 g/mol. The molecule has 3 aromatic carbocycles. The van der Waals surface area contributed by atoms with Gasteiger partial charge in [0.15, 0.2) is 6.10 Å². The molecule has 1 amide bonds. The lowest BCUT2D eigenvalue weighted by Crippen LogP contribution is -2.21. The second-order valence-corrected chi connectivity index (χ2v) is 7.30. The molecule has 0 heterocycles. The van der Waals surface area contributed by atoms with Crippen molar-refractivity contribution in [1.29, 1.82) is 0 Å². The molecule has 0 aliphatic heterocycles. The molecule has 3 rings (SSSR count). The largest absolute Gasteiger partial charge is 0.449 e. The number of ether oxygens (including phenoxy) is 1. The van der Waals surface area contributed by atoms with Crippen LogP contribution in [0.4, 0.5) is 17.1 Å². The summed E-state index contributed by atoms with van der Waals surface area (Å²) in [6.07, 6.45) is -1.96. The summed E-state index contributed by atoms with van der Waals surface area (Å²) in [5, 5.41) is 24.1. The minimum atomic E-state index is -1.36. The third-order valence-corrected chi connectivity index (χ3v) is 4.87. The number of carbonyl (C=O) groups is 3. The third-order valence-electron chi connectivity index (χ3n) is 4.87. The van der Waals surface area contributed by atoms with E-state index in [0.717, 1.165) is 0 Å². The van der Waals surface area contributed by atoms with Gasteiger partial charge in [-0.1, -0.05) is 30.3 Å². The lowest BCUT2D eigenvalue weighted by molar-refractivity contribution is -0.385.